The van der Waals surface area contributed by atoms with Crippen LogP contribution in [0.15, 0.2) is 78.9 Å². The Kier molecular flexibility index (Phi) is 6.09. The molecule has 10 heteroatoms. The van der Waals surface area contributed by atoms with Crippen molar-refractivity contribution in [3.05, 3.63) is 107 Å². The van der Waals surface area contributed by atoms with E-state index in [1.807, 2.05) is 0 Å². The summed E-state index contributed by atoms with van der Waals surface area (Å²) in [6.45, 7) is -0.656. The van der Waals surface area contributed by atoms with Crippen LogP contribution in [0.3, 0.4) is 0 Å². The van der Waals surface area contributed by atoms with Crippen LogP contribution in [0.25, 0.3) is 0 Å². The first-order chi connectivity index (χ1) is 19.1. The Hall–Kier alpha value is -4.01. The van der Waals surface area contributed by atoms with Gasteiger partial charge < -0.3 is 10.5 Å². The van der Waals surface area contributed by atoms with E-state index in [2.05, 4.69) is 0 Å². The molecule has 8 nitrogen and oxygen atoms in total. The number of hydrogen-bond acceptors (Lipinski definition) is 6. The summed E-state index contributed by atoms with van der Waals surface area (Å²) in [5.74, 6) is -6.42. The molecule has 0 saturated carbocycles. The number of ether oxygens (including phenoxy) is 1. The summed E-state index contributed by atoms with van der Waals surface area (Å²) in [7, 11) is 0. The maximum absolute atomic E-state index is 14.1. The van der Waals surface area contributed by atoms with Crippen LogP contribution in [0.4, 0.5) is 0 Å². The largest absolute Gasteiger partial charge is 0.456 e. The van der Waals surface area contributed by atoms with Crippen molar-refractivity contribution in [1.82, 2.24) is 4.90 Å². The molecule has 0 unspecified atom stereocenters. The van der Waals surface area contributed by atoms with Crippen LogP contribution in [0.5, 0.6) is 0 Å². The highest BCUT2D eigenvalue weighted by Gasteiger charge is 2.73. The molecule has 2 bridgehead atoms. The summed E-state index contributed by atoms with van der Waals surface area (Å²) >= 11 is 14.8. The standard InChI is InChI=1S/C30H22Cl2N2O6/c31-29-17-10-4-5-11-18(17)30(32,20-13-7-6-12-19(20)29)25-24(29)26(37)34(27(25)38)21(14-23(33)36)28(39)40-15-22(35)16-8-2-1-3-9-16/h1-13,21,24-25H,14-15H2,(H2,33,36)/t21-,24-,25-,29?,30?/m1/s1. The van der Waals surface area contributed by atoms with Gasteiger partial charge in [-0.15, -0.1) is 23.2 Å². The zero-order valence-electron chi connectivity index (χ0n) is 20.9. The SMILES string of the molecule is NC(=O)C[C@H](C(=O)OCC(=O)c1ccccc1)N1C(=O)[C@H]2[C@H](C1=O)C1(Cl)c3ccccc3C2(Cl)c2ccccc21. The molecule has 40 heavy (non-hydrogen) atoms. The van der Waals surface area contributed by atoms with Crippen molar-refractivity contribution in [3.63, 3.8) is 0 Å². The van der Waals surface area contributed by atoms with E-state index in [4.69, 9.17) is 33.7 Å². The summed E-state index contributed by atoms with van der Waals surface area (Å²) < 4.78 is 5.22. The third kappa shape index (κ3) is 3.49. The van der Waals surface area contributed by atoms with Crippen LogP contribution in [0.2, 0.25) is 0 Å². The number of benzene rings is 3. The summed E-state index contributed by atoms with van der Waals surface area (Å²) in [5, 5.41) is 0. The highest BCUT2D eigenvalue weighted by Crippen LogP contribution is 2.69. The third-order valence-corrected chi connectivity index (χ3v) is 9.32. The molecule has 0 radical (unpaired) electrons. The van der Waals surface area contributed by atoms with E-state index in [0.29, 0.717) is 32.7 Å². The van der Waals surface area contributed by atoms with Gasteiger partial charge in [-0.25, -0.2) is 4.79 Å². The molecule has 3 aliphatic carbocycles. The maximum atomic E-state index is 14.1. The van der Waals surface area contributed by atoms with E-state index in [1.54, 1.807) is 78.9 Å². The van der Waals surface area contributed by atoms with Crippen molar-refractivity contribution in [3.8, 4) is 0 Å². The monoisotopic (exact) mass is 576 g/mol. The van der Waals surface area contributed by atoms with Gasteiger partial charge in [0.05, 0.1) is 18.3 Å². The average molecular weight is 577 g/mol. The van der Waals surface area contributed by atoms with E-state index in [0.717, 1.165) is 0 Å². The Morgan fingerprint density at radius 1 is 0.775 bits per heavy atom. The predicted octanol–water partition coefficient (Wildman–Crippen LogP) is 3.25. The summed E-state index contributed by atoms with van der Waals surface area (Å²) in [6.07, 6.45) is -0.695. The lowest BCUT2D eigenvalue weighted by Gasteiger charge is -2.54. The number of primary amides is 1. The normalized spacial score (nSPS) is 26.5. The lowest BCUT2D eigenvalue weighted by atomic mass is 9.54. The summed E-state index contributed by atoms with van der Waals surface area (Å²) in [5.41, 5.74) is 8.11. The molecule has 202 valence electrons. The van der Waals surface area contributed by atoms with Crippen molar-refractivity contribution in [1.29, 1.82) is 0 Å². The van der Waals surface area contributed by atoms with Gasteiger partial charge in [0.2, 0.25) is 17.7 Å². The smallest absolute Gasteiger partial charge is 0.330 e. The van der Waals surface area contributed by atoms with Crippen molar-refractivity contribution in [2.75, 3.05) is 6.61 Å². The quantitative estimate of drug-likeness (QED) is 0.199. The van der Waals surface area contributed by atoms with E-state index in [-0.39, 0.29) is 0 Å². The van der Waals surface area contributed by atoms with Gasteiger partial charge in [-0.1, -0.05) is 78.9 Å². The Morgan fingerprint density at radius 2 is 1.20 bits per heavy atom. The summed E-state index contributed by atoms with van der Waals surface area (Å²) in [6, 6.07) is 20.7. The molecule has 3 aromatic carbocycles. The molecule has 0 aromatic heterocycles. The van der Waals surface area contributed by atoms with Crippen LogP contribution in [0.1, 0.15) is 39.0 Å². The van der Waals surface area contributed by atoms with Crippen molar-refractivity contribution in [2.45, 2.75) is 22.2 Å². The molecule has 1 saturated heterocycles. The minimum atomic E-state index is -1.70. The lowest BCUT2D eigenvalue weighted by Crippen LogP contribution is -2.57. The number of nitrogens with zero attached hydrogens (tertiary/aromatic N) is 1. The number of nitrogens with two attached hydrogens (primary N) is 1. The first-order valence-corrected chi connectivity index (χ1v) is 13.3. The molecule has 3 atom stereocenters. The van der Waals surface area contributed by atoms with Gasteiger partial charge in [0.25, 0.3) is 0 Å². The molecule has 2 N–H and O–H groups in total. The molecule has 3 amide bonds. The first-order valence-electron chi connectivity index (χ1n) is 12.6. The molecule has 7 rings (SSSR count). The van der Waals surface area contributed by atoms with E-state index in [1.165, 1.54) is 0 Å². The predicted molar refractivity (Wildman–Crippen MR) is 144 cm³/mol. The first kappa shape index (κ1) is 26.2. The minimum absolute atomic E-state index is 0.307. The van der Waals surface area contributed by atoms with E-state index >= 15 is 0 Å². The van der Waals surface area contributed by atoms with Crippen LogP contribution >= 0.6 is 23.2 Å². The average Bonchev–Trinajstić information content (AvgIpc) is 3.24. The number of amides is 3. The lowest BCUT2D eigenvalue weighted by molar-refractivity contribution is -0.159. The number of likely N-dealkylation sites (tertiary alicyclic amines) is 1. The second-order valence-electron chi connectivity index (χ2n) is 10.1. The summed E-state index contributed by atoms with van der Waals surface area (Å²) in [4.78, 5) is 63.9. The zero-order valence-corrected chi connectivity index (χ0v) is 22.4. The van der Waals surface area contributed by atoms with Crippen molar-refractivity contribution >= 4 is 52.7 Å². The highest BCUT2D eigenvalue weighted by atomic mass is 35.5. The van der Waals surface area contributed by atoms with Crippen molar-refractivity contribution in [2.24, 2.45) is 17.6 Å². The molecule has 1 heterocycles. The number of halogens is 2. The molecule has 1 aliphatic heterocycles. The number of hydrogen-bond donors (Lipinski definition) is 1. The fraction of sp³-hybridized carbons (Fsp3) is 0.233. The number of alkyl halides is 2. The number of carbonyl (C=O) groups is 5. The van der Waals surface area contributed by atoms with Gasteiger partial charge in [-0.2, -0.15) is 0 Å². The van der Waals surface area contributed by atoms with Crippen LogP contribution in [-0.4, -0.2) is 47.0 Å². The second-order valence-corrected chi connectivity index (χ2v) is 11.3. The van der Waals surface area contributed by atoms with Gasteiger partial charge in [0.1, 0.15) is 15.8 Å². The van der Waals surface area contributed by atoms with Gasteiger partial charge in [-0.05, 0) is 22.3 Å². The fourth-order valence-corrected chi connectivity index (χ4v) is 7.50. The van der Waals surface area contributed by atoms with Gasteiger partial charge in [-0.3, -0.25) is 24.1 Å². The van der Waals surface area contributed by atoms with E-state index in [9.17, 15) is 24.0 Å². The van der Waals surface area contributed by atoms with Gasteiger partial charge in [0.15, 0.2) is 12.4 Å². The van der Waals surface area contributed by atoms with Crippen LogP contribution in [0, 0.1) is 11.8 Å². The Morgan fingerprint density at radius 3 is 1.62 bits per heavy atom. The topological polar surface area (TPSA) is 124 Å². The molecule has 3 aromatic rings. The Balaban J connectivity index is 1.40. The van der Waals surface area contributed by atoms with Crippen LogP contribution < -0.4 is 5.73 Å². The van der Waals surface area contributed by atoms with Crippen LogP contribution in [-0.2, 0) is 33.7 Å². The molecular weight excluding hydrogens is 555 g/mol. The fourth-order valence-electron chi connectivity index (χ4n) is 6.41. The second kappa shape index (κ2) is 9.28. The molecule has 0 spiro atoms. The molecule has 4 aliphatic rings. The number of carbonyl (C=O) groups excluding carboxylic acids is 5. The van der Waals surface area contributed by atoms with Gasteiger partial charge >= 0.3 is 5.97 Å². The number of Topliss-reactive ketones (excluding diaryl/α,β-unsaturated/α-hetero) is 1. The zero-order chi connectivity index (χ0) is 28.4. The highest BCUT2D eigenvalue weighted by molar-refractivity contribution is 6.36. The van der Waals surface area contributed by atoms with Gasteiger partial charge in [0, 0.05) is 5.56 Å². The molecular formula is C30H22Cl2N2O6. The van der Waals surface area contributed by atoms with E-state index < -0.39 is 70.1 Å². The van der Waals surface area contributed by atoms with Crippen molar-refractivity contribution < 1.29 is 28.7 Å². The number of rotatable bonds is 7. The maximum Gasteiger partial charge on any atom is 0.330 e. The Labute approximate surface area is 239 Å². The number of esters is 1. The third-order valence-electron chi connectivity index (χ3n) is 8.04. The number of ketones is 1. The Bertz CT molecular complexity index is 1480. The number of imide groups is 1. The molecule has 1 fully saturated rings. The minimum Gasteiger partial charge on any atom is -0.456 e.